The number of nitrogens with zero attached hydrogens (tertiary/aromatic N) is 4. The Kier molecular flexibility index (Phi) is 5.35. The topological polar surface area (TPSA) is 68.1 Å². The summed E-state index contributed by atoms with van der Waals surface area (Å²) in [5.74, 6) is -0.0461. The molecule has 1 aromatic carbocycles. The average Bonchev–Trinajstić information content (AvgIpc) is 3.14. The number of aromatic nitrogens is 3. The summed E-state index contributed by atoms with van der Waals surface area (Å²) in [5.41, 5.74) is 0.327. The summed E-state index contributed by atoms with van der Waals surface area (Å²) >= 11 is 1.61. The van der Waals surface area contributed by atoms with E-state index in [4.69, 9.17) is 0 Å². The Labute approximate surface area is 149 Å². The van der Waals surface area contributed by atoms with Crippen LogP contribution in [0.3, 0.4) is 0 Å². The zero-order valence-electron chi connectivity index (χ0n) is 13.7. The van der Waals surface area contributed by atoms with Gasteiger partial charge in [0.05, 0.1) is 18.5 Å². The highest BCUT2D eigenvalue weighted by Gasteiger charge is 2.14. The van der Waals surface area contributed by atoms with E-state index < -0.39 is 0 Å². The molecule has 0 bridgehead atoms. The first-order chi connectivity index (χ1) is 12.2. The molecule has 2 aromatic heterocycles. The first-order valence-corrected chi connectivity index (χ1v) is 8.80. The zero-order valence-corrected chi connectivity index (χ0v) is 14.5. The van der Waals surface area contributed by atoms with E-state index >= 15 is 0 Å². The number of amides is 1. The minimum atomic E-state index is -0.230. The van der Waals surface area contributed by atoms with Crippen LogP contribution in [0.1, 0.15) is 11.3 Å². The van der Waals surface area contributed by atoms with Crippen molar-refractivity contribution in [1.82, 2.24) is 19.9 Å². The first kappa shape index (κ1) is 17.0. The molecule has 0 radical (unpaired) electrons. The second-order valence-electron chi connectivity index (χ2n) is 5.53. The van der Waals surface area contributed by atoms with Crippen LogP contribution in [0.15, 0.2) is 59.2 Å². The number of benzene rings is 1. The highest BCUT2D eigenvalue weighted by atomic mass is 32.1. The van der Waals surface area contributed by atoms with Gasteiger partial charge in [-0.25, -0.2) is 4.68 Å². The minimum Gasteiger partial charge on any atom is -0.334 e. The molecular weight excluding hydrogens is 336 g/mol. The van der Waals surface area contributed by atoms with E-state index in [1.807, 2.05) is 23.6 Å². The van der Waals surface area contributed by atoms with Crippen molar-refractivity contribution in [3.8, 4) is 0 Å². The summed E-state index contributed by atoms with van der Waals surface area (Å²) in [5, 5.41) is 10.4. The second kappa shape index (κ2) is 7.85. The van der Waals surface area contributed by atoms with E-state index in [2.05, 4.69) is 16.9 Å². The van der Waals surface area contributed by atoms with Gasteiger partial charge in [0.1, 0.15) is 5.52 Å². The third kappa shape index (κ3) is 4.00. The molecule has 0 aliphatic heterocycles. The van der Waals surface area contributed by atoms with Crippen LogP contribution in [0.2, 0.25) is 0 Å². The Morgan fingerprint density at radius 3 is 2.88 bits per heavy atom. The van der Waals surface area contributed by atoms with E-state index in [1.54, 1.807) is 40.5 Å². The number of carbonyl (C=O) groups is 1. The predicted octanol–water partition coefficient (Wildman–Crippen LogP) is 2.46. The minimum absolute atomic E-state index is 0.0461. The van der Waals surface area contributed by atoms with Crippen LogP contribution in [0.4, 0.5) is 0 Å². The van der Waals surface area contributed by atoms with Gasteiger partial charge in [-0.2, -0.15) is 0 Å². The lowest BCUT2D eigenvalue weighted by Gasteiger charge is -2.20. The molecule has 3 aromatic rings. The van der Waals surface area contributed by atoms with Gasteiger partial charge < -0.3 is 4.90 Å². The standard InChI is InChI=1S/C18H18N4O2S/c1-2-10-21(13-14-6-5-12-25-14)17(23)9-11-22-18(24)15-7-3-4-8-16(15)19-20-22/h2-8,12H,1,9-11,13H2. The molecule has 0 fully saturated rings. The molecule has 128 valence electrons. The molecule has 7 heteroatoms. The number of aryl methyl sites for hydroxylation is 1. The van der Waals surface area contributed by atoms with Gasteiger partial charge in [0.2, 0.25) is 5.91 Å². The van der Waals surface area contributed by atoms with Crippen molar-refractivity contribution < 1.29 is 4.79 Å². The molecule has 2 heterocycles. The Morgan fingerprint density at radius 1 is 1.28 bits per heavy atom. The largest absolute Gasteiger partial charge is 0.334 e. The molecule has 6 nitrogen and oxygen atoms in total. The monoisotopic (exact) mass is 354 g/mol. The maximum absolute atomic E-state index is 12.5. The smallest absolute Gasteiger partial charge is 0.277 e. The van der Waals surface area contributed by atoms with Crippen molar-refractivity contribution in [2.24, 2.45) is 0 Å². The Hall–Kier alpha value is -2.80. The fourth-order valence-corrected chi connectivity index (χ4v) is 3.25. The normalized spacial score (nSPS) is 10.7. The van der Waals surface area contributed by atoms with Gasteiger partial charge in [-0.1, -0.05) is 29.5 Å². The number of thiophene rings is 1. The van der Waals surface area contributed by atoms with E-state index in [1.165, 1.54) is 4.68 Å². The van der Waals surface area contributed by atoms with Gasteiger partial charge >= 0.3 is 0 Å². The van der Waals surface area contributed by atoms with E-state index in [9.17, 15) is 9.59 Å². The molecule has 0 saturated heterocycles. The molecule has 0 saturated carbocycles. The fourth-order valence-electron chi connectivity index (χ4n) is 2.53. The second-order valence-corrected chi connectivity index (χ2v) is 6.56. The molecule has 0 aliphatic carbocycles. The maximum atomic E-state index is 12.5. The lowest BCUT2D eigenvalue weighted by molar-refractivity contribution is -0.131. The summed E-state index contributed by atoms with van der Waals surface area (Å²) in [4.78, 5) is 27.8. The van der Waals surface area contributed by atoms with Crippen LogP contribution in [-0.4, -0.2) is 32.3 Å². The van der Waals surface area contributed by atoms with E-state index in [0.717, 1.165) is 4.88 Å². The zero-order chi connectivity index (χ0) is 17.6. The van der Waals surface area contributed by atoms with Crippen molar-refractivity contribution in [2.45, 2.75) is 19.5 Å². The van der Waals surface area contributed by atoms with Crippen LogP contribution < -0.4 is 5.56 Å². The SMILES string of the molecule is C=CCN(Cc1cccs1)C(=O)CCn1nnc2ccccc2c1=O. The molecule has 0 spiro atoms. The van der Waals surface area contributed by atoms with Crippen LogP contribution in [0.5, 0.6) is 0 Å². The van der Waals surface area contributed by atoms with Crippen LogP contribution in [0.25, 0.3) is 10.9 Å². The quantitative estimate of drug-likeness (QED) is 0.611. The Balaban J connectivity index is 1.71. The molecule has 0 unspecified atom stereocenters. The summed E-state index contributed by atoms with van der Waals surface area (Å²) < 4.78 is 1.25. The summed E-state index contributed by atoms with van der Waals surface area (Å²) in [6.45, 7) is 4.92. The molecule has 0 N–H and O–H groups in total. The molecule has 25 heavy (non-hydrogen) atoms. The molecular formula is C18H18N4O2S. The predicted molar refractivity (Wildman–Crippen MR) is 98.3 cm³/mol. The lowest BCUT2D eigenvalue weighted by atomic mass is 10.2. The van der Waals surface area contributed by atoms with Gasteiger partial charge in [0.25, 0.3) is 5.56 Å². The fraction of sp³-hybridized carbons (Fsp3) is 0.222. The van der Waals surface area contributed by atoms with Gasteiger partial charge in [-0.15, -0.1) is 23.0 Å². The number of fused-ring (bicyclic) bond motifs is 1. The van der Waals surface area contributed by atoms with Gasteiger partial charge in [-0.05, 0) is 23.6 Å². The summed E-state index contributed by atoms with van der Waals surface area (Å²) in [7, 11) is 0. The third-order valence-electron chi connectivity index (χ3n) is 3.80. The maximum Gasteiger partial charge on any atom is 0.277 e. The van der Waals surface area contributed by atoms with E-state index in [-0.39, 0.29) is 24.4 Å². The van der Waals surface area contributed by atoms with Crippen molar-refractivity contribution in [1.29, 1.82) is 0 Å². The summed E-state index contributed by atoms with van der Waals surface area (Å²) in [6, 6.07) is 11.0. The van der Waals surface area contributed by atoms with Crippen molar-refractivity contribution in [3.05, 3.63) is 69.7 Å². The van der Waals surface area contributed by atoms with Gasteiger partial charge in [0, 0.05) is 17.8 Å². The van der Waals surface area contributed by atoms with Crippen LogP contribution in [-0.2, 0) is 17.9 Å². The highest BCUT2D eigenvalue weighted by molar-refractivity contribution is 7.09. The third-order valence-corrected chi connectivity index (χ3v) is 4.66. The first-order valence-electron chi connectivity index (χ1n) is 7.92. The molecule has 1 amide bonds. The van der Waals surface area contributed by atoms with Gasteiger partial charge in [-0.3, -0.25) is 9.59 Å². The van der Waals surface area contributed by atoms with Crippen LogP contribution >= 0.6 is 11.3 Å². The average molecular weight is 354 g/mol. The van der Waals surface area contributed by atoms with Crippen molar-refractivity contribution in [3.63, 3.8) is 0 Å². The molecule has 0 atom stereocenters. The van der Waals surface area contributed by atoms with Crippen molar-refractivity contribution in [2.75, 3.05) is 6.54 Å². The number of hydrogen-bond donors (Lipinski definition) is 0. The Morgan fingerprint density at radius 2 is 2.12 bits per heavy atom. The van der Waals surface area contributed by atoms with Crippen LogP contribution in [0, 0.1) is 0 Å². The molecule has 3 rings (SSSR count). The summed E-state index contributed by atoms with van der Waals surface area (Å²) in [6.07, 6.45) is 1.89. The number of carbonyl (C=O) groups excluding carboxylic acids is 1. The molecule has 0 aliphatic rings. The van der Waals surface area contributed by atoms with Crippen molar-refractivity contribution >= 4 is 28.1 Å². The highest BCUT2D eigenvalue weighted by Crippen LogP contribution is 2.13. The number of hydrogen-bond acceptors (Lipinski definition) is 5. The Bertz CT molecular complexity index is 934. The van der Waals surface area contributed by atoms with Gasteiger partial charge in [0.15, 0.2) is 0 Å². The lowest BCUT2D eigenvalue weighted by Crippen LogP contribution is -2.33. The number of rotatable bonds is 7. The van der Waals surface area contributed by atoms with E-state index in [0.29, 0.717) is 24.0 Å².